The summed E-state index contributed by atoms with van der Waals surface area (Å²) in [6, 6.07) is 7.60. The molecule has 110 valence electrons. The molecule has 0 spiro atoms. The number of aliphatic carboxylic acids is 2. The summed E-state index contributed by atoms with van der Waals surface area (Å²) in [5.74, 6) is -2.20. The molecule has 0 radical (unpaired) electrons. The Bertz CT molecular complexity index is 409. The molecule has 7 nitrogen and oxygen atoms in total. The quantitative estimate of drug-likeness (QED) is 0.363. The molecule has 0 aliphatic heterocycles. The van der Waals surface area contributed by atoms with Crippen molar-refractivity contribution < 1.29 is 29.9 Å². The van der Waals surface area contributed by atoms with Crippen molar-refractivity contribution in [1.29, 1.82) is 0 Å². The van der Waals surface area contributed by atoms with E-state index in [0.717, 1.165) is 0 Å². The number of carboxylic acid groups (broad SMARTS) is 2. The summed E-state index contributed by atoms with van der Waals surface area (Å²) < 4.78 is 0. The minimum absolute atomic E-state index is 0. The summed E-state index contributed by atoms with van der Waals surface area (Å²) >= 11 is 0. The first kappa shape index (κ1) is 26.3. The van der Waals surface area contributed by atoms with Crippen LogP contribution in [0.25, 0.3) is 0 Å². The van der Waals surface area contributed by atoms with Crippen molar-refractivity contribution in [2.75, 3.05) is 0 Å². The zero-order chi connectivity index (χ0) is 14.8. The van der Waals surface area contributed by atoms with Crippen LogP contribution in [0.2, 0.25) is 0 Å². The van der Waals surface area contributed by atoms with Crippen LogP contribution < -0.4 is 11.2 Å². The van der Waals surface area contributed by atoms with E-state index in [0.29, 0.717) is 5.46 Å². The Labute approximate surface area is 175 Å². The monoisotopic (exact) mass is 335 g/mol. The Morgan fingerprint density at radius 2 is 1.62 bits per heavy atom. The number of benzene rings is 1. The number of carboxylic acids is 2. The molecule has 0 heterocycles. The van der Waals surface area contributed by atoms with Crippen LogP contribution >= 0.6 is 0 Å². The predicted octanol–water partition coefficient (Wildman–Crippen LogP) is -2.94. The van der Waals surface area contributed by atoms with E-state index in [2.05, 4.69) is 0 Å². The third-order valence-electron chi connectivity index (χ3n) is 2.08. The number of hydrogen-bond donors (Lipinski definition) is 5. The maximum atomic E-state index is 9.99. The maximum absolute atomic E-state index is 9.99. The van der Waals surface area contributed by atoms with Crippen molar-refractivity contribution in [2.45, 2.75) is 18.9 Å². The molecule has 0 amide bonds. The first-order chi connectivity index (χ1) is 8.84. The van der Waals surface area contributed by atoms with Crippen molar-refractivity contribution >= 4 is 91.8 Å². The average Bonchev–Trinajstić information content (AvgIpc) is 2.37. The number of rotatable bonds is 5. The summed E-state index contributed by atoms with van der Waals surface area (Å²) in [6.07, 6.45) is -0.224. The van der Waals surface area contributed by atoms with Crippen LogP contribution in [0.3, 0.4) is 0 Å². The summed E-state index contributed by atoms with van der Waals surface area (Å²) in [5.41, 5.74) is 5.53. The Morgan fingerprint density at radius 3 is 1.90 bits per heavy atom. The van der Waals surface area contributed by atoms with Gasteiger partial charge in [-0.25, -0.2) is 0 Å². The number of nitrogens with two attached hydrogens (primary N) is 1. The predicted molar refractivity (Wildman–Crippen MR) is 84.4 cm³/mol. The Morgan fingerprint density at radius 1 is 1.14 bits per heavy atom. The molecule has 1 atom stereocenters. The van der Waals surface area contributed by atoms with Gasteiger partial charge in [0.05, 0.1) is 0 Å². The van der Waals surface area contributed by atoms with Gasteiger partial charge in [-0.15, -0.1) is 0 Å². The van der Waals surface area contributed by atoms with Gasteiger partial charge in [0, 0.05) is 6.42 Å². The van der Waals surface area contributed by atoms with Crippen molar-refractivity contribution in [2.24, 2.45) is 5.73 Å². The molecule has 0 saturated heterocycles. The van der Waals surface area contributed by atoms with Gasteiger partial charge in [-0.3, -0.25) is 9.59 Å². The molecule has 21 heavy (non-hydrogen) atoms. The molecule has 1 rings (SSSR count). The Hall–Kier alpha value is 0.365. The van der Waals surface area contributed by atoms with Gasteiger partial charge in [0.1, 0.15) is 6.04 Å². The normalized spacial score (nSPS) is 9.86. The number of hydrogen-bond acceptors (Lipinski definition) is 5. The van der Waals surface area contributed by atoms with Crippen molar-refractivity contribution in [3.63, 3.8) is 0 Å². The molecule has 0 saturated carbocycles. The summed E-state index contributed by atoms with van der Waals surface area (Å²) in [4.78, 5) is 19.9. The third kappa shape index (κ3) is 15.0. The average molecular weight is 335 g/mol. The fourth-order valence-corrected chi connectivity index (χ4v) is 1.03. The Kier molecular flexibility index (Phi) is 19.1. The van der Waals surface area contributed by atoms with Crippen LogP contribution in [0, 0.1) is 0 Å². The zero-order valence-electron chi connectivity index (χ0n) is 10.1. The topological polar surface area (TPSA) is 141 Å². The van der Waals surface area contributed by atoms with E-state index in [1.54, 1.807) is 24.3 Å². The second kappa shape index (κ2) is 15.3. The summed E-state index contributed by atoms with van der Waals surface area (Å²) in [5, 5.41) is 33.4. The standard InChI is InChI=1S/C6H7BO2.C5H9NO4.Ca.Na.3H/c8-7(9)6-4-2-1-3-5-6;6-3(5(9)10)1-2-4(7)8;;;;;/h1-5,8-9H;3H,1-2,6H2,(H,7,8)(H,9,10);;;;;/t;3-;;;;;/m.0...../s1. The molecule has 10 heteroatoms. The second-order valence-corrected chi connectivity index (χ2v) is 3.66. The van der Waals surface area contributed by atoms with E-state index in [-0.39, 0.29) is 80.1 Å². The van der Waals surface area contributed by atoms with Crippen molar-refractivity contribution in [3.05, 3.63) is 30.3 Å². The van der Waals surface area contributed by atoms with Crippen LogP contribution in [-0.4, -0.2) is 113 Å². The van der Waals surface area contributed by atoms with Crippen LogP contribution in [0.15, 0.2) is 30.3 Å². The summed E-state index contributed by atoms with van der Waals surface area (Å²) in [6.45, 7) is 0. The fraction of sp³-hybridized carbons (Fsp3) is 0.273. The van der Waals surface area contributed by atoms with Crippen molar-refractivity contribution in [3.8, 4) is 0 Å². The van der Waals surface area contributed by atoms with Crippen molar-refractivity contribution in [1.82, 2.24) is 0 Å². The van der Waals surface area contributed by atoms with Gasteiger partial charge in [-0.2, -0.15) is 0 Å². The van der Waals surface area contributed by atoms with Gasteiger partial charge in [0.15, 0.2) is 0 Å². The Balaban J connectivity index is -0.000000282. The zero-order valence-corrected chi connectivity index (χ0v) is 10.1. The molecule has 0 aliphatic rings. The summed E-state index contributed by atoms with van der Waals surface area (Å²) in [7, 11) is -1.34. The minimum atomic E-state index is -1.34. The molecule has 1 aromatic carbocycles. The van der Waals surface area contributed by atoms with Gasteiger partial charge < -0.3 is 26.0 Å². The van der Waals surface area contributed by atoms with E-state index >= 15 is 0 Å². The van der Waals surface area contributed by atoms with Gasteiger partial charge in [0.2, 0.25) is 0 Å². The first-order valence-corrected chi connectivity index (χ1v) is 5.46. The van der Waals surface area contributed by atoms with Gasteiger partial charge in [-0.1, -0.05) is 30.3 Å². The molecule has 0 aromatic heterocycles. The van der Waals surface area contributed by atoms with E-state index in [9.17, 15) is 9.59 Å². The molecule has 1 aromatic rings. The number of carbonyl (C=O) groups is 2. The van der Waals surface area contributed by atoms with E-state index in [1.807, 2.05) is 6.07 Å². The van der Waals surface area contributed by atoms with Crippen LogP contribution in [0.1, 0.15) is 12.8 Å². The van der Waals surface area contributed by atoms with E-state index in [1.165, 1.54) is 0 Å². The fourth-order valence-electron chi connectivity index (χ4n) is 1.03. The van der Waals surface area contributed by atoms with Crippen LogP contribution in [-0.2, 0) is 9.59 Å². The molecular formula is C11H19BCaNNaO6. The van der Waals surface area contributed by atoms with Crippen LogP contribution in [0.5, 0.6) is 0 Å². The molecule has 6 N–H and O–H groups in total. The first-order valence-electron chi connectivity index (χ1n) is 5.46. The third-order valence-corrected chi connectivity index (χ3v) is 2.08. The molecule has 0 unspecified atom stereocenters. The van der Waals surface area contributed by atoms with Gasteiger partial charge in [0.25, 0.3) is 0 Å². The second-order valence-electron chi connectivity index (χ2n) is 3.66. The molecular weight excluding hydrogens is 316 g/mol. The molecule has 0 bridgehead atoms. The van der Waals surface area contributed by atoms with E-state index in [4.69, 9.17) is 26.0 Å². The van der Waals surface area contributed by atoms with Gasteiger partial charge >= 0.3 is 86.4 Å². The van der Waals surface area contributed by atoms with E-state index < -0.39 is 25.1 Å². The SMILES string of the molecule is N[C@@H](CCC(=O)O)C(=O)O.OB(O)c1ccccc1.[CaH2].[NaH]. The molecule has 0 fully saturated rings. The van der Waals surface area contributed by atoms with Crippen LogP contribution in [0.4, 0.5) is 0 Å². The van der Waals surface area contributed by atoms with Gasteiger partial charge in [-0.05, 0) is 11.9 Å². The molecule has 0 aliphatic carbocycles.